The summed E-state index contributed by atoms with van der Waals surface area (Å²) in [5, 5.41) is 14.0. The minimum atomic E-state index is 0.234. The van der Waals surface area contributed by atoms with Crippen molar-refractivity contribution in [1.82, 2.24) is 0 Å². The number of hydrogen-bond acceptors (Lipinski definition) is 6. The number of rotatable bonds is 11. The molecule has 1 unspecified atom stereocenters. The zero-order valence-electron chi connectivity index (χ0n) is 16.6. The molecule has 0 aromatic heterocycles. The smallest absolute Gasteiger partial charge is 0.135 e. The third kappa shape index (κ3) is 4.72. The molecular formula is C23H26O6. The van der Waals surface area contributed by atoms with E-state index in [-0.39, 0.29) is 11.9 Å². The van der Waals surface area contributed by atoms with E-state index in [1.165, 1.54) is 0 Å². The lowest BCUT2D eigenvalue weighted by molar-refractivity contribution is 0.0320. The summed E-state index contributed by atoms with van der Waals surface area (Å²) in [6, 6.07) is 13.4. The molecule has 0 saturated carbocycles. The van der Waals surface area contributed by atoms with Gasteiger partial charge in [-0.25, -0.2) is 0 Å². The molecule has 6 heteroatoms. The number of hydrogen-bond donors (Lipinski definition) is 1. The molecule has 6 nitrogen and oxygen atoms in total. The molecule has 4 rings (SSSR count). The number of ether oxygens (including phenoxy) is 5. The van der Waals surface area contributed by atoms with Gasteiger partial charge in [0, 0.05) is 21.5 Å². The lowest BCUT2D eigenvalue weighted by Gasteiger charge is -2.16. The summed E-state index contributed by atoms with van der Waals surface area (Å²) in [4.78, 5) is 0. The summed E-state index contributed by atoms with van der Waals surface area (Å²) in [6.45, 7) is 5.86. The number of fused-ring (bicyclic) bond motifs is 2. The summed E-state index contributed by atoms with van der Waals surface area (Å²) in [6.07, 6.45) is 0.276. The van der Waals surface area contributed by atoms with Gasteiger partial charge < -0.3 is 28.8 Å². The van der Waals surface area contributed by atoms with E-state index < -0.39 is 0 Å². The van der Waals surface area contributed by atoms with Crippen LogP contribution in [0.3, 0.4) is 0 Å². The van der Waals surface area contributed by atoms with Gasteiger partial charge in [-0.3, -0.25) is 0 Å². The third-order valence-corrected chi connectivity index (χ3v) is 4.78. The number of benzene rings is 3. The highest BCUT2D eigenvalue weighted by molar-refractivity contribution is 6.11. The zero-order chi connectivity index (χ0) is 20.1. The van der Waals surface area contributed by atoms with Gasteiger partial charge >= 0.3 is 0 Å². The zero-order valence-corrected chi connectivity index (χ0v) is 16.6. The topological polar surface area (TPSA) is 69.7 Å². The predicted octanol–water partition coefficient (Wildman–Crippen LogP) is 3.91. The van der Waals surface area contributed by atoms with Crippen molar-refractivity contribution in [1.29, 1.82) is 0 Å². The van der Waals surface area contributed by atoms with Gasteiger partial charge in [-0.05, 0) is 25.1 Å². The Balaban J connectivity index is 1.46. The molecule has 154 valence electrons. The van der Waals surface area contributed by atoms with Crippen LogP contribution >= 0.6 is 0 Å². The van der Waals surface area contributed by atoms with E-state index >= 15 is 0 Å². The molecule has 29 heavy (non-hydrogen) atoms. The fourth-order valence-electron chi connectivity index (χ4n) is 3.31. The maximum Gasteiger partial charge on any atom is 0.135 e. The largest absolute Gasteiger partial charge is 0.507 e. The molecule has 1 atom stereocenters. The molecule has 1 N–H and O–H groups in total. The van der Waals surface area contributed by atoms with Gasteiger partial charge in [0.15, 0.2) is 0 Å². The second-order valence-electron chi connectivity index (χ2n) is 6.85. The first-order chi connectivity index (χ1) is 14.3. The van der Waals surface area contributed by atoms with Crippen molar-refractivity contribution in [2.45, 2.75) is 13.0 Å². The van der Waals surface area contributed by atoms with Crippen LogP contribution in [-0.4, -0.2) is 57.5 Å². The quantitative estimate of drug-likeness (QED) is 0.300. The van der Waals surface area contributed by atoms with Crippen LogP contribution in [0, 0.1) is 0 Å². The normalized spacial score (nSPS) is 15.7. The Morgan fingerprint density at radius 1 is 0.897 bits per heavy atom. The van der Waals surface area contributed by atoms with E-state index in [9.17, 15) is 5.11 Å². The van der Waals surface area contributed by atoms with E-state index in [1.807, 2.05) is 49.4 Å². The molecule has 3 aromatic carbocycles. The van der Waals surface area contributed by atoms with Crippen LogP contribution in [0.2, 0.25) is 0 Å². The van der Waals surface area contributed by atoms with Crippen LogP contribution < -0.4 is 9.47 Å². The van der Waals surface area contributed by atoms with Crippen LogP contribution in [0.15, 0.2) is 42.5 Å². The van der Waals surface area contributed by atoms with Crippen LogP contribution in [0.1, 0.15) is 6.92 Å². The van der Waals surface area contributed by atoms with E-state index in [4.69, 9.17) is 23.7 Å². The van der Waals surface area contributed by atoms with E-state index in [2.05, 4.69) is 0 Å². The minimum absolute atomic E-state index is 0.234. The second-order valence-corrected chi connectivity index (χ2v) is 6.85. The number of phenolic OH excluding ortho intramolecular Hbond substituents is 1. The maximum atomic E-state index is 10.8. The molecule has 1 fully saturated rings. The molecule has 0 spiro atoms. The second kappa shape index (κ2) is 9.31. The van der Waals surface area contributed by atoms with Crippen molar-refractivity contribution in [2.75, 3.05) is 46.2 Å². The molecular weight excluding hydrogens is 372 g/mol. The fraction of sp³-hybridized carbons (Fsp3) is 0.391. The highest BCUT2D eigenvalue weighted by atomic mass is 16.6. The van der Waals surface area contributed by atoms with Gasteiger partial charge in [0.25, 0.3) is 0 Å². The molecule has 1 heterocycles. The summed E-state index contributed by atoms with van der Waals surface area (Å²) >= 11 is 0. The van der Waals surface area contributed by atoms with E-state index in [0.29, 0.717) is 45.0 Å². The summed E-state index contributed by atoms with van der Waals surface area (Å²) in [5.41, 5.74) is 0. The number of phenols is 1. The van der Waals surface area contributed by atoms with Gasteiger partial charge in [-0.1, -0.05) is 24.3 Å². The molecule has 1 aliphatic heterocycles. The van der Waals surface area contributed by atoms with E-state index in [1.54, 1.807) is 0 Å². The van der Waals surface area contributed by atoms with Crippen molar-refractivity contribution in [3.8, 4) is 17.2 Å². The number of aromatic hydroxyl groups is 1. The molecule has 1 aliphatic rings. The summed E-state index contributed by atoms with van der Waals surface area (Å²) < 4.78 is 27.8. The molecule has 0 aliphatic carbocycles. The maximum absolute atomic E-state index is 10.8. The molecule has 1 saturated heterocycles. The van der Waals surface area contributed by atoms with Crippen LogP contribution in [0.5, 0.6) is 17.2 Å². The van der Waals surface area contributed by atoms with Gasteiger partial charge in [0.05, 0.1) is 39.6 Å². The Labute approximate surface area is 169 Å². The summed E-state index contributed by atoms with van der Waals surface area (Å²) in [5.74, 6) is 1.69. The number of epoxide rings is 1. The first-order valence-corrected chi connectivity index (χ1v) is 9.98. The highest BCUT2D eigenvalue weighted by Gasteiger charge is 2.22. The highest BCUT2D eigenvalue weighted by Crippen LogP contribution is 2.43. The van der Waals surface area contributed by atoms with Crippen molar-refractivity contribution in [3.05, 3.63) is 42.5 Å². The van der Waals surface area contributed by atoms with Gasteiger partial charge in [-0.15, -0.1) is 0 Å². The Morgan fingerprint density at radius 3 is 2.41 bits per heavy atom. The van der Waals surface area contributed by atoms with Crippen molar-refractivity contribution in [3.63, 3.8) is 0 Å². The first-order valence-electron chi connectivity index (χ1n) is 9.98. The van der Waals surface area contributed by atoms with Crippen molar-refractivity contribution < 1.29 is 28.8 Å². The Morgan fingerprint density at radius 2 is 1.62 bits per heavy atom. The van der Waals surface area contributed by atoms with E-state index in [0.717, 1.165) is 34.3 Å². The van der Waals surface area contributed by atoms with Gasteiger partial charge in [-0.2, -0.15) is 0 Å². The van der Waals surface area contributed by atoms with Crippen LogP contribution in [0.25, 0.3) is 21.5 Å². The lowest BCUT2D eigenvalue weighted by atomic mass is 10.0. The first kappa shape index (κ1) is 19.8. The third-order valence-electron chi connectivity index (χ3n) is 4.78. The minimum Gasteiger partial charge on any atom is -0.507 e. The Hall–Kier alpha value is -2.54. The van der Waals surface area contributed by atoms with Gasteiger partial charge in [0.2, 0.25) is 0 Å². The Kier molecular flexibility index (Phi) is 6.34. The van der Waals surface area contributed by atoms with Crippen LogP contribution in [0.4, 0.5) is 0 Å². The molecule has 0 bridgehead atoms. The van der Waals surface area contributed by atoms with Crippen molar-refractivity contribution in [2.24, 2.45) is 0 Å². The lowest BCUT2D eigenvalue weighted by Crippen LogP contribution is -2.12. The average Bonchev–Trinajstić information content (AvgIpc) is 3.57. The standard InChI is InChI=1S/C23H26O6/c1-2-27-16-7-8-20-21(13-16)22(24)18-5-3-4-6-19(18)23(20)28-12-11-25-9-10-26-14-17-15-29-17/h3-8,13,17,24H,2,9-12,14-15H2,1H3. The molecule has 0 amide bonds. The van der Waals surface area contributed by atoms with Gasteiger partial charge in [0.1, 0.15) is 30.0 Å². The fourth-order valence-corrected chi connectivity index (χ4v) is 3.31. The SMILES string of the molecule is CCOc1ccc2c(OCCOCCOCC3CO3)c3ccccc3c(O)c2c1. The predicted molar refractivity (Wildman–Crippen MR) is 111 cm³/mol. The average molecular weight is 398 g/mol. The molecule has 3 aromatic rings. The van der Waals surface area contributed by atoms with Crippen molar-refractivity contribution >= 4 is 21.5 Å². The Bertz CT molecular complexity index is 966. The summed E-state index contributed by atoms with van der Waals surface area (Å²) in [7, 11) is 0. The van der Waals surface area contributed by atoms with Crippen LogP contribution in [-0.2, 0) is 14.2 Å². The molecule has 0 radical (unpaired) electrons. The monoisotopic (exact) mass is 398 g/mol.